The van der Waals surface area contributed by atoms with Crippen LogP contribution in [0.5, 0.6) is 0 Å². The molecular weight excluding hydrogens is 407 g/mol. The van der Waals surface area contributed by atoms with E-state index in [1.807, 2.05) is 18.5 Å². The van der Waals surface area contributed by atoms with Gasteiger partial charge in [0.15, 0.2) is 0 Å². The van der Waals surface area contributed by atoms with Gasteiger partial charge in [-0.05, 0) is 43.2 Å². The molecule has 0 unspecified atom stereocenters. The van der Waals surface area contributed by atoms with Crippen LogP contribution in [0.2, 0.25) is 0 Å². The van der Waals surface area contributed by atoms with E-state index in [1.54, 1.807) is 0 Å². The summed E-state index contributed by atoms with van der Waals surface area (Å²) in [5.74, 6) is 1.02. The Morgan fingerprint density at radius 1 is 1.14 bits per heavy atom. The van der Waals surface area contributed by atoms with Crippen molar-refractivity contribution < 1.29 is 4.79 Å². The molecule has 1 aliphatic rings. The Labute approximate surface area is 186 Å². The zero-order valence-corrected chi connectivity index (χ0v) is 18.6. The van der Waals surface area contributed by atoms with Gasteiger partial charge in [-0.15, -0.1) is 24.8 Å². The lowest BCUT2D eigenvalue weighted by Crippen LogP contribution is -2.38. The fourth-order valence-electron chi connectivity index (χ4n) is 4.14. The van der Waals surface area contributed by atoms with Crippen molar-refractivity contribution in [2.24, 2.45) is 11.1 Å². The fourth-order valence-corrected chi connectivity index (χ4v) is 4.14. The van der Waals surface area contributed by atoms with Crippen molar-refractivity contribution in [2.45, 2.75) is 64.5 Å². The van der Waals surface area contributed by atoms with E-state index >= 15 is 0 Å². The van der Waals surface area contributed by atoms with Crippen LogP contribution in [0.4, 0.5) is 0 Å². The first kappa shape index (κ1) is 25.5. The summed E-state index contributed by atoms with van der Waals surface area (Å²) in [6.07, 6.45) is 12.2. The quantitative estimate of drug-likeness (QED) is 0.610. The minimum absolute atomic E-state index is 0. The fraction of sp³-hybridized carbons (Fsp3) is 0.545. The van der Waals surface area contributed by atoms with Crippen LogP contribution in [-0.2, 0) is 24.3 Å². The molecule has 29 heavy (non-hydrogen) atoms. The van der Waals surface area contributed by atoms with Crippen LogP contribution < -0.4 is 11.1 Å². The minimum Gasteiger partial charge on any atom is -0.349 e. The van der Waals surface area contributed by atoms with E-state index in [0.29, 0.717) is 19.5 Å². The SMILES string of the molecule is Cl.Cl.NCC1(CC(=O)NCc2nccn2CCCc2ccccc2)CCCCC1. The summed E-state index contributed by atoms with van der Waals surface area (Å²) in [5, 5.41) is 3.06. The maximum Gasteiger partial charge on any atom is 0.220 e. The predicted octanol–water partition coefficient (Wildman–Crippen LogP) is 4.28. The van der Waals surface area contributed by atoms with Crippen molar-refractivity contribution in [1.29, 1.82) is 0 Å². The van der Waals surface area contributed by atoms with Gasteiger partial charge in [0.05, 0.1) is 6.54 Å². The largest absolute Gasteiger partial charge is 0.349 e. The van der Waals surface area contributed by atoms with Gasteiger partial charge in [-0.2, -0.15) is 0 Å². The van der Waals surface area contributed by atoms with Crippen LogP contribution in [-0.4, -0.2) is 22.0 Å². The molecule has 3 N–H and O–H groups in total. The topological polar surface area (TPSA) is 72.9 Å². The van der Waals surface area contributed by atoms with Gasteiger partial charge in [0.25, 0.3) is 0 Å². The third kappa shape index (κ3) is 7.65. The molecule has 0 aliphatic heterocycles. The van der Waals surface area contributed by atoms with Crippen LogP contribution in [0.15, 0.2) is 42.7 Å². The molecule has 5 nitrogen and oxygen atoms in total. The summed E-state index contributed by atoms with van der Waals surface area (Å²) in [4.78, 5) is 16.9. The summed E-state index contributed by atoms with van der Waals surface area (Å²) in [6.45, 7) is 2.00. The molecule has 162 valence electrons. The summed E-state index contributed by atoms with van der Waals surface area (Å²) in [7, 11) is 0. The van der Waals surface area contributed by atoms with Crippen molar-refractivity contribution in [1.82, 2.24) is 14.9 Å². The van der Waals surface area contributed by atoms with E-state index in [1.165, 1.54) is 24.8 Å². The van der Waals surface area contributed by atoms with E-state index < -0.39 is 0 Å². The second kappa shape index (κ2) is 12.9. The van der Waals surface area contributed by atoms with Gasteiger partial charge >= 0.3 is 0 Å². The third-order valence-corrected chi connectivity index (χ3v) is 5.84. The van der Waals surface area contributed by atoms with Crippen molar-refractivity contribution >= 4 is 30.7 Å². The number of nitrogens with one attached hydrogen (secondary N) is 1. The Hall–Kier alpha value is -1.56. The number of hydrogen-bond donors (Lipinski definition) is 2. The Bertz CT molecular complexity index is 715. The van der Waals surface area contributed by atoms with Crippen LogP contribution in [0.3, 0.4) is 0 Å². The standard InChI is InChI=1S/C22H32N4O.2ClH/c23-18-22(11-5-2-6-12-22)16-21(27)25-17-20-24-13-15-26(20)14-7-10-19-8-3-1-4-9-19;;/h1,3-4,8-9,13,15H,2,5-7,10-12,14,16-18,23H2,(H,25,27);2*1H. The minimum atomic E-state index is 0. The van der Waals surface area contributed by atoms with Gasteiger partial charge in [-0.25, -0.2) is 4.98 Å². The molecule has 1 aromatic carbocycles. The Morgan fingerprint density at radius 2 is 1.86 bits per heavy atom. The van der Waals surface area contributed by atoms with E-state index in [2.05, 4.69) is 39.1 Å². The summed E-state index contributed by atoms with van der Waals surface area (Å²) < 4.78 is 2.14. The number of halogens is 2. The Balaban J connectivity index is 0.00000210. The second-order valence-corrected chi connectivity index (χ2v) is 7.84. The number of rotatable bonds is 9. The van der Waals surface area contributed by atoms with E-state index in [4.69, 9.17) is 5.73 Å². The number of benzene rings is 1. The molecule has 1 saturated carbocycles. The highest BCUT2D eigenvalue weighted by Gasteiger charge is 2.32. The molecule has 2 aromatic rings. The first-order valence-corrected chi connectivity index (χ1v) is 10.2. The molecule has 7 heteroatoms. The molecule has 0 spiro atoms. The average Bonchev–Trinajstić information content (AvgIpc) is 3.15. The number of hydrogen-bond acceptors (Lipinski definition) is 3. The molecule has 0 saturated heterocycles. The summed E-state index contributed by atoms with van der Waals surface area (Å²) in [6, 6.07) is 10.5. The monoisotopic (exact) mass is 440 g/mol. The molecule has 1 aliphatic carbocycles. The van der Waals surface area contributed by atoms with Gasteiger partial charge in [-0.1, -0.05) is 49.6 Å². The molecule has 1 heterocycles. The van der Waals surface area contributed by atoms with Crippen LogP contribution in [0.1, 0.15) is 56.3 Å². The second-order valence-electron chi connectivity index (χ2n) is 7.84. The lowest BCUT2D eigenvalue weighted by molar-refractivity contribution is -0.124. The zero-order chi connectivity index (χ0) is 19.0. The van der Waals surface area contributed by atoms with Gasteiger partial charge in [-0.3, -0.25) is 4.79 Å². The van der Waals surface area contributed by atoms with Crippen LogP contribution >= 0.6 is 24.8 Å². The maximum atomic E-state index is 12.5. The van der Waals surface area contributed by atoms with Crippen molar-refractivity contribution in [2.75, 3.05) is 6.54 Å². The Morgan fingerprint density at radius 3 is 2.55 bits per heavy atom. The first-order chi connectivity index (χ1) is 13.2. The zero-order valence-electron chi connectivity index (χ0n) is 17.0. The van der Waals surface area contributed by atoms with Crippen molar-refractivity contribution in [3.63, 3.8) is 0 Å². The van der Waals surface area contributed by atoms with Crippen molar-refractivity contribution in [3.05, 3.63) is 54.1 Å². The molecule has 0 atom stereocenters. The summed E-state index contributed by atoms with van der Waals surface area (Å²) >= 11 is 0. The molecular formula is C22H34Cl2N4O. The molecule has 1 aromatic heterocycles. The molecule has 1 fully saturated rings. The van der Waals surface area contributed by atoms with Gasteiger partial charge in [0, 0.05) is 25.4 Å². The molecule has 1 amide bonds. The first-order valence-electron chi connectivity index (χ1n) is 10.2. The number of aromatic nitrogens is 2. The molecule has 0 radical (unpaired) electrons. The highest BCUT2D eigenvalue weighted by molar-refractivity contribution is 5.85. The lowest BCUT2D eigenvalue weighted by Gasteiger charge is -2.35. The number of nitrogens with two attached hydrogens (primary N) is 1. The lowest BCUT2D eigenvalue weighted by atomic mass is 9.71. The molecule has 0 bridgehead atoms. The third-order valence-electron chi connectivity index (χ3n) is 5.84. The number of amides is 1. The van der Waals surface area contributed by atoms with E-state index in [0.717, 1.165) is 38.1 Å². The highest BCUT2D eigenvalue weighted by Crippen LogP contribution is 2.38. The number of nitrogens with zero attached hydrogens (tertiary/aromatic N) is 2. The van der Waals surface area contributed by atoms with Gasteiger partial charge < -0.3 is 15.6 Å². The predicted molar refractivity (Wildman–Crippen MR) is 123 cm³/mol. The smallest absolute Gasteiger partial charge is 0.220 e. The normalized spacial score (nSPS) is 15.1. The highest BCUT2D eigenvalue weighted by atomic mass is 35.5. The average molecular weight is 441 g/mol. The summed E-state index contributed by atoms with van der Waals surface area (Å²) in [5.41, 5.74) is 7.37. The van der Waals surface area contributed by atoms with Crippen molar-refractivity contribution in [3.8, 4) is 0 Å². The molecule has 3 rings (SSSR count). The van der Waals surface area contributed by atoms with Crippen LogP contribution in [0.25, 0.3) is 0 Å². The number of imidazole rings is 1. The van der Waals surface area contributed by atoms with E-state index in [-0.39, 0.29) is 36.1 Å². The van der Waals surface area contributed by atoms with Gasteiger partial charge in [0.1, 0.15) is 5.82 Å². The van der Waals surface area contributed by atoms with Crippen LogP contribution in [0, 0.1) is 5.41 Å². The number of carbonyl (C=O) groups excluding carboxylic acids is 1. The Kier molecular flexibility index (Phi) is 11.3. The van der Waals surface area contributed by atoms with E-state index in [9.17, 15) is 4.79 Å². The van der Waals surface area contributed by atoms with Gasteiger partial charge in [0.2, 0.25) is 5.91 Å². The maximum absolute atomic E-state index is 12.5. The number of aryl methyl sites for hydroxylation is 2. The number of carbonyl (C=O) groups is 1.